The van der Waals surface area contributed by atoms with Gasteiger partial charge in [-0.05, 0) is 40.8 Å². The van der Waals surface area contributed by atoms with Crippen LogP contribution in [0.25, 0.3) is 37.8 Å². The highest BCUT2D eigenvalue weighted by atomic mass is 14.7. The van der Waals surface area contributed by atoms with Gasteiger partial charge in [0.1, 0.15) is 0 Å². The fraction of sp³-hybridized carbons (Fsp3) is 0. The summed E-state index contributed by atoms with van der Waals surface area (Å²) in [6.07, 6.45) is 0. The Morgan fingerprint density at radius 1 is 0.714 bits per heavy atom. The molecule has 4 rings (SSSR count). The third-order valence-electron chi connectivity index (χ3n) is 3.82. The molecular formula is C19H12N2. The van der Waals surface area contributed by atoms with E-state index in [-0.39, 0.29) is 0 Å². The van der Waals surface area contributed by atoms with Crippen molar-refractivity contribution in [3.05, 3.63) is 78.1 Å². The number of fused-ring (bicyclic) bond motifs is 3. The van der Waals surface area contributed by atoms with Gasteiger partial charge in [0.15, 0.2) is 5.69 Å². The van der Waals surface area contributed by atoms with E-state index in [1.165, 1.54) is 11.1 Å². The molecule has 21 heavy (non-hydrogen) atoms. The lowest BCUT2D eigenvalue weighted by Gasteiger charge is -2.01. The molecule has 0 saturated carbocycles. The van der Waals surface area contributed by atoms with Crippen molar-refractivity contribution in [1.29, 1.82) is 0 Å². The van der Waals surface area contributed by atoms with Crippen molar-refractivity contribution >= 4 is 27.5 Å². The number of nitrogens with zero attached hydrogens (tertiary/aromatic N) is 1. The smallest absolute Gasteiger partial charge is 0.188 e. The summed E-state index contributed by atoms with van der Waals surface area (Å²) >= 11 is 0. The van der Waals surface area contributed by atoms with Crippen molar-refractivity contribution in [2.45, 2.75) is 0 Å². The van der Waals surface area contributed by atoms with Gasteiger partial charge in [-0.2, -0.15) is 0 Å². The Kier molecular flexibility index (Phi) is 2.52. The van der Waals surface area contributed by atoms with Crippen LogP contribution in [0.1, 0.15) is 0 Å². The zero-order valence-electron chi connectivity index (χ0n) is 11.3. The van der Waals surface area contributed by atoms with Crippen LogP contribution in [0, 0.1) is 6.57 Å². The van der Waals surface area contributed by atoms with Crippen LogP contribution in [0.3, 0.4) is 0 Å². The molecule has 1 N–H and O–H groups in total. The van der Waals surface area contributed by atoms with Crippen molar-refractivity contribution in [2.75, 3.05) is 0 Å². The standard InChI is InChI=1S/C19H12N2/c1-20-15-8-10-19-17(12-15)16-11-14(7-9-18(16)21-19)13-5-3-2-4-6-13/h2-12,21H. The normalized spacial score (nSPS) is 10.8. The van der Waals surface area contributed by atoms with E-state index in [1.807, 2.05) is 36.4 Å². The first-order chi connectivity index (χ1) is 10.3. The van der Waals surface area contributed by atoms with Gasteiger partial charge in [0, 0.05) is 16.4 Å². The van der Waals surface area contributed by atoms with Gasteiger partial charge < -0.3 is 4.98 Å². The molecule has 0 radical (unpaired) electrons. The van der Waals surface area contributed by atoms with E-state index < -0.39 is 0 Å². The Bertz CT molecular complexity index is 989. The predicted octanol–water partition coefficient (Wildman–Crippen LogP) is 5.54. The third kappa shape index (κ3) is 1.87. The molecule has 0 amide bonds. The van der Waals surface area contributed by atoms with Gasteiger partial charge in [-0.3, -0.25) is 0 Å². The van der Waals surface area contributed by atoms with Gasteiger partial charge in [-0.1, -0.05) is 42.5 Å². The summed E-state index contributed by atoms with van der Waals surface area (Å²) in [6, 6.07) is 22.5. The first-order valence-electron chi connectivity index (χ1n) is 6.83. The average molecular weight is 268 g/mol. The van der Waals surface area contributed by atoms with E-state index in [1.54, 1.807) is 0 Å². The zero-order valence-corrected chi connectivity index (χ0v) is 11.3. The van der Waals surface area contributed by atoms with Gasteiger partial charge in [-0.25, -0.2) is 4.85 Å². The zero-order chi connectivity index (χ0) is 14.2. The summed E-state index contributed by atoms with van der Waals surface area (Å²) in [5.41, 5.74) is 5.25. The van der Waals surface area contributed by atoms with Crippen molar-refractivity contribution in [3.63, 3.8) is 0 Å². The SMILES string of the molecule is [C-]#[N+]c1ccc2[nH]c3ccc(-c4ccccc4)cc3c2c1. The molecule has 98 valence electrons. The number of hydrogen-bond acceptors (Lipinski definition) is 0. The van der Waals surface area contributed by atoms with Crippen LogP contribution < -0.4 is 0 Å². The van der Waals surface area contributed by atoms with Gasteiger partial charge in [0.05, 0.1) is 6.57 Å². The third-order valence-corrected chi connectivity index (χ3v) is 3.82. The first kappa shape index (κ1) is 11.7. The highest BCUT2D eigenvalue weighted by molar-refractivity contribution is 6.09. The van der Waals surface area contributed by atoms with E-state index in [2.05, 4.69) is 40.2 Å². The van der Waals surface area contributed by atoms with Gasteiger partial charge in [-0.15, -0.1) is 0 Å². The van der Waals surface area contributed by atoms with Crippen molar-refractivity contribution < 1.29 is 0 Å². The number of H-pyrrole nitrogens is 1. The summed E-state index contributed by atoms with van der Waals surface area (Å²) in [6.45, 7) is 7.17. The molecule has 0 unspecified atom stereocenters. The second-order valence-electron chi connectivity index (χ2n) is 5.09. The van der Waals surface area contributed by atoms with E-state index >= 15 is 0 Å². The lowest BCUT2D eigenvalue weighted by Crippen LogP contribution is -1.76. The minimum atomic E-state index is 0.675. The summed E-state index contributed by atoms with van der Waals surface area (Å²) < 4.78 is 0. The maximum Gasteiger partial charge on any atom is 0.188 e. The lowest BCUT2D eigenvalue weighted by atomic mass is 10.0. The second kappa shape index (κ2) is 4.50. The molecule has 0 bridgehead atoms. The molecule has 0 aliphatic rings. The molecule has 0 aliphatic carbocycles. The van der Waals surface area contributed by atoms with Gasteiger partial charge in [0.2, 0.25) is 0 Å². The fourth-order valence-corrected chi connectivity index (χ4v) is 2.76. The fourth-order valence-electron chi connectivity index (χ4n) is 2.76. The predicted molar refractivity (Wildman–Crippen MR) is 87.5 cm³/mol. The van der Waals surface area contributed by atoms with Crippen molar-refractivity contribution in [2.24, 2.45) is 0 Å². The highest BCUT2D eigenvalue weighted by Gasteiger charge is 2.06. The van der Waals surface area contributed by atoms with E-state index in [9.17, 15) is 0 Å². The molecule has 0 fully saturated rings. The number of rotatable bonds is 1. The molecular weight excluding hydrogens is 256 g/mol. The minimum absolute atomic E-state index is 0.675. The number of aromatic amines is 1. The molecule has 3 aromatic carbocycles. The topological polar surface area (TPSA) is 20.1 Å². The molecule has 1 heterocycles. The summed E-state index contributed by atoms with van der Waals surface area (Å²) in [5.74, 6) is 0. The Balaban J connectivity index is 2.02. The van der Waals surface area contributed by atoms with Crippen molar-refractivity contribution in [3.8, 4) is 11.1 Å². The van der Waals surface area contributed by atoms with Crippen LogP contribution in [0.15, 0.2) is 66.7 Å². The molecule has 1 aromatic heterocycles. The largest absolute Gasteiger partial charge is 0.355 e. The van der Waals surface area contributed by atoms with Crippen LogP contribution in [0.4, 0.5) is 5.69 Å². The number of nitrogens with one attached hydrogen (secondary N) is 1. The van der Waals surface area contributed by atoms with E-state index in [0.29, 0.717) is 5.69 Å². The molecule has 4 aromatic rings. The van der Waals surface area contributed by atoms with Gasteiger partial charge >= 0.3 is 0 Å². The monoisotopic (exact) mass is 268 g/mol. The Morgan fingerprint density at radius 3 is 2.19 bits per heavy atom. The maximum atomic E-state index is 7.17. The van der Waals surface area contributed by atoms with Crippen LogP contribution >= 0.6 is 0 Å². The molecule has 2 nitrogen and oxygen atoms in total. The van der Waals surface area contributed by atoms with Crippen LogP contribution in [0.5, 0.6) is 0 Å². The quantitative estimate of drug-likeness (QED) is 0.437. The Labute approximate surface area is 122 Å². The minimum Gasteiger partial charge on any atom is -0.355 e. The van der Waals surface area contributed by atoms with E-state index in [4.69, 9.17) is 6.57 Å². The highest BCUT2D eigenvalue weighted by Crippen LogP contribution is 2.32. The molecule has 0 spiro atoms. The van der Waals surface area contributed by atoms with Crippen LogP contribution in [0.2, 0.25) is 0 Å². The lowest BCUT2D eigenvalue weighted by molar-refractivity contribution is 1.54. The number of hydrogen-bond donors (Lipinski definition) is 1. The number of aromatic nitrogens is 1. The van der Waals surface area contributed by atoms with Crippen molar-refractivity contribution in [1.82, 2.24) is 4.98 Å². The summed E-state index contributed by atoms with van der Waals surface area (Å²) in [4.78, 5) is 6.93. The summed E-state index contributed by atoms with van der Waals surface area (Å²) in [5, 5.41) is 2.27. The Morgan fingerprint density at radius 2 is 1.43 bits per heavy atom. The van der Waals surface area contributed by atoms with Gasteiger partial charge in [0.25, 0.3) is 0 Å². The number of benzene rings is 3. The molecule has 0 saturated heterocycles. The molecule has 0 atom stereocenters. The molecule has 2 heteroatoms. The molecule has 0 aliphatic heterocycles. The second-order valence-corrected chi connectivity index (χ2v) is 5.09. The summed E-state index contributed by atoms with van der Waals surface area (Å²) in [7, 11) is 0. The maximum absolute atomic E-state index is 7.17. The van der Waals surface area contributed by atoms with E-state index in [0.717, 1.165) is 21.8 Å². The first-order valence-corrected chi connectivity index (χ1v) is 6.83. The Hall–Kier alpha value is -3.05. The average Bonchev–Trinajstić information content (AvgIpc) is 2.92. The van der Waals surface area contributed by atoms with Crippen LogP contribution in [-0.4, -0.2) is 4.98 Å². The van der Waals surface area contributed by atoms with Crippen LogP contribution in [-0.2, 0) is 0 Å².